The third kappa shape index (κ3) is 9.18. The maximum absolute atomic E-state index is 14.3. The molecular weight excluding hydrogens is 855 g/mol. The van der Waals surface area contributed by atoms with E-state index in [-0.39, 0.29) is 61.0 Å². The number of hydrogen-bond acceptors (Lipinski definition) is 14. The van der Waals surface area contributed by atoms with E-state index in [2.05, 4.69) is 40.6 Å². The van der Waals surface area contributed by atoms with E-state index in [1.54, 1.807) is 29.7 Å². The van der Waals surface area contributed by atoms with E-state index in [0.717, 1.165) is 64.7 Å². The summed E-state index contributed by atoms with van der Waals surface area (Å²) in [6.45, 7) is 9.37. The van der Waals surface area contributed by atoms with Crippen molar-refractivity contribution in [3.8, 4) is 27.4 Å². The molecule has 66 heavy (non-hydrogen) atoms. The minimum Gasteiger partial charge on any atom is -0.507 e. The molecule has 6 atom stereocenters. The lowest BCUT2D eigenvalue weighted by Gasteiger charge is -2.43. The molecular formula is C49H57N11O5S. The summed E-state index contributed by atoms with van der Waals surface area (Å²) < 4.78 is 0. The van der Waals surface area contributed by atoms with Crippen molar-refractivity contribution in [1.82, 2.24) is 40.7 Å². The van der Waals surface area contributed by atoms with Gasteiger partial charge < -0.3 is 41.3 Å². The Balaban J connectivity index is 0.819. The number of likely N-dealkylation sites (tertiary alicyclic amines) is 1. The fourth-order valence-electron chi connectivity index (χ4n) is 9.90. The van der Waals surface area contributed by atoms with Gasteiger partial charge in [-0.25, -0.2) is 15.0 Å². The number of aliphatic hydroxyl groups excluding tert-OH is 1. The molecule has 3 aliphatic heterocycles. The fourth-order valence-corrected chi connectivity index (χ4v) is 10.7. The summed E-state index contributed by atoms with van der Waals surface area (Å²) in [5.41, 5.74) is 13.4. The molecule has 6 N–H and O–H groups in total. The number of aliphatic hydroxyl groups is 1. The zero-order chi connectivity index (χ0) is 46.3. The highest BCUT2D eigenvalue weighted by atomic mass is 32.1. The predicted octanol–water partition coefficient (Wildman–Crippen LogP) is 5.50. The molecule has 4 aliphatic rings. The Labute approximate surface area is 388 Å². The van der Waals surface area contributed by atoms with Gasteiger partial charge in [0.2, 0.25) is 17.7 Å². The molecule has 0 radical (unpaired) electrons. The lowest BCUT2D eigenvalue weighted by atomic mass is 9.83. The van der Waals surface area contributed by atoms with Gasteiger partial charge in [-0.1, -0.05) is 63.2 Å². The van der Waals surface area contributed by atoms with Crippen molar-refractivity contribution in [3.05, 3.63) is 95.5 Å². The van der Waals surface area contributed by atoms with E-state index in [1.807, 2.05) is 87.8 Å². The number of aryl methyl sites for hydroxylation is 1. The van der Waals surface area contributed by atoms with Gasteiger partial charge in [0.25, 0.3) is 0 Å². The maximum Gasteiger partial charge on any atom is 0.246 e. The van der Waals surface area contributed by atoms with Gasteiger partial charge in [-0.05, 0) is 85.4 Å². The number of aromatic hydroxyl groups is 1. The first kappa shape index (κ1) is 44.7. The van der Waals surface area contributed by atoms with Crippen molar-refractivity contribution in [2.24, 2.45) is 11.3 Å². The Morgan fingerprint density at radius 3 is 2.39 bits per heavy atom. The average Bonchev–Trinajstić information content (AvgIpc) is 4.01. The highest BCUT2D eigenvalue weighted by Crippen LogP contribution is 2.39. The summed E-state index contributed by atoms with van der Waals surface area (Å²) in [6.07, 6.45) is 6.71. The van der Waals surface area contributed by atoms with Gasteiger partial charge in [-0.15, -0.1) is 21.5 Å². The van der Waals surface area contributed by atoms with Crippen molar-refractivity contribution in [3.63, 3.8) is 0 Å². The number of thiazole rings is 1. The molecule has 3 amide bonds. The number of amides is 3. The first-order valence-electron chi connectivity index (χ1n) is 22.7. The summed E-state index contributed by atoms with van der Waals surface area (Å²) >= 11 is 1.58. The molecule has 9 rings (SSSR count). The van der Waals surface area contributed by atoms with Crippen LogP contribution in [-0.2, 0) is 20.9 Å². The number of carbonyl (C=O) groups is 3. The number of nitrogens with two attached hydrogens (primary N) is 1. The summed E-state index contributed by atoms with van der Waals surface area (Å²) in [7, 11) is 0. The first-order chi connectivity index (χ1) is 31.7. The number of β-amino-alcohol motifs (C(OH)–C–C–N with tert-alkyl or cyclic N) is 1. The molecule has 0 saturated carbocycles. The number of piperazine rings is 1. The van der Waals surface area contributed by atoms with Gasteiger partial charge in [0.1, 0.15) is 23.7 Å². The van der Waals surface area contributed by atoms with Crippen LogP contribution in [0, 0.1) is 18.3 Å². The summed E-state index contributed by atoms with van der Waals surface area (Å²) in [5, 5.41) is 35.7. The molecule has 3 saturated heterocycles. The van der Waals surface area contributed by atoms with Gasteiger partial charge in [0, 0.05) is 62.4 Å². The lowest BCUT2D eigenvalue weighted by molar-refractivity contribution is -0.144. The Morgan fingerprint density at radius 2 is 1.71 bits per heavy atom. The molecule has 3 fully saturated rings. The van der Waals surface area contributed by atoms with Crippen molar-refractivity contribution in [2.75, 3.05) is 35.2 Å². The molecule has 16 nitrogen and oxygen atoms in total. The molecule has 1 aliphatic carbocycles. The molecule has 2 aromatic carbocycles. The number of benzene rings is 2. The molecule has 6 heterocycles. The van der Waals surface area contributed by atoms with Crippen LogP contribution in [-0.4, -0.2) is 108 Å². The van der Waals surface area contributed by atoms with E-state index in [1.165, 1.54) is 4.90 Å². The van der Waals surface area contributed by atoms with E-state index >= 15 is 0 Å². The topological polar surface area (TPSA) is 216 Å². The maximum atomic E-state index is 14.3. The number of nitrogens with zero attached hydrogens (tertiary/aromatic N) is 8. The van der Waals surface area contributed by atoms with Crippen LogP contribution in [0.1, 0.15) is 76.4 Å². The normalized spacial score (nSPS) is 22.2. The Hall–Kier alpha value is -6.46. The lowest BCUT2D eigenvalue weighted by Crippen LogP contribution is -2.58. The standard InChI is InChI=1S/C49H57N11O5S/c1-28-42(66-27-53-28)30-11-9-29(10-12-30)23-52-47(64)39-21-35(61)26-59(39)48(65)43(49(2,3)4)55-46(63)32-15-13-31(14-16-32)45-51-20-19-41(54-45)60-33-17-18-34(60)25-58(24-33)38-22-37(56-57-44(38)50)36-7-5-6-8-40(36)62/h5-13,19-20,22,27,32-35,39,43,61-62H,14-18,21,23-26H2,1-4H3,(H2,50,57)(H,52,64)(H,55,63)/t32?,33?,34?,35-,39+,43-/m1/s1. The number of aromatic nitrogens is 5. The van der Waals surface area contributed by atoms with Crippen molar-refractivity contribution >= 4 is 52.0 Å². The van der Waals surface area contributed by atoms with Gasteiger partial charge in [-0.2, -0.15) is 0 Å². The quantitative estimate of drug-likeness (QED) is 0.111. The molecule has 3 aromatic heterocycles. The van der Waals surface area contributed by atoms with Gasteiger partial charge in [-0.3, -0.25) is 14.4 Å². The average molecular weight is 912 g/mol. The van der Waals surface area contributed by atoms with Crippen LogP contribution >= 0.6 is 11.3 Å². The number of nitrogens with one attached hydrogen (secondary N) is 2. The molecule has 5 aromatic rings. The molecule has 2 bridgehead atoms. The predicted molar refractivity (Wildman–Crippen MR) is 254 cm³/mol. The van der Waals surface area contributed by atoms with Crippen LogP contribution in [0.2, 0.25) is 0 Å². The van der Waals surface area contributed by atoms with Gasteiger partial charge in [0.05, 0.1) is 33.6 Å². The van der Waals surface area contributed by atoms with Crippen LogP contribution < -0.4 is 26.2 Å². The van der Waals surface area contributed by atoms with E-state index in [9.17, 15) is 24.6 Å². The van der Waals surface area contributed by atoms with Crippen molar-refractivity contribution < 1.29 is 24.6 Å². The number of phenolic OH excluding ortho intramolecular Hbond substituents is 1. The minimum absolute atomic E-state index is 0.00655. The van der Waals surface area contributed by atoms with E-state index < -0.39 is 23.6 Å². The zero-order valence-electron chi connectivity index (χ0n) is 37.7. The fraction of sp³-hybridized carbons (Fsp3) is 0.429. The van der Waals surface area contributed by atoms with Crippen LogP contribution in [0.15, 0.2) is 78.4 Å². The van der Waals surface area contributed by atoms with Crippen LogP contribution in [0.3, 0.4) is 0 Å². The first-order valence-corrected chi connectivity index (χ1v) is 23.6. The van der Waals surface area contributed by atoms with Crippen LogP contribution in [0.4, 0.5) is 17.3 Å². The summed E-state index contributed by atoms with van der Waals surface area (Å²) in [5.74, 6) is 0.668. The number of fused-ring (bicyclic) bond motifs is 2. The number of hydrogen-bond donors (Lipinski definition) is 5. The van der Waals surface area contributed by atoms with Crippen molar-refractivity contribution in [1.29, 1.82) is 0 Å². The molecule has 3 unspecified atom stereocenters. The van der Waals surface area contributed by atoms with E-state index in [0.29, 0.717) is 42.2 Å². The highest BCUT2D eigenvalue weighted by molar-refractivity contribution is 7.13. The third-order valence-electron chi connectivity index (χ3n) is 13.5. The number of rotatable bonds is 11. The Kier molecular flexibility index (Phi) is 12.5. The number of para-hydroxylation sites is 1. The zero-order valence-corrected chi connectivity index (χ0v) is 38.5. The molecule has 0 spiro atoms. The van der Waals surface area contributed by atoms with Crippen LogP contribution in [0.25, 0.3) is 27.3 Å². The van der Waals surface area contributed by atoms with Crippen molar-refractivity contribution in [2.45, 2.75) is 103 Å². The third-order valence-corrected chi connectivity index (χ3v) is 14.4. The number of phenols is 1. The number of anilines is 3. The van der Waals surface area contributed by atoms with E-state index in [4.69, 9.17) is 10.7 Å². The molecule has 17 heteroatoms. The SMILES string of the molecule is Cc1ncsc1-c1ccc(CNC(=O)[C@@H]2C[C@@H](O)CN2C(=O)[C@@H](NC(=O)C2CC=C(c3nccc(N4C5CCC4CN(c4cc(-c6ccccc6O)nnc4N)C5)n3)CC2)C(C)(C)C)cc1. The van der Waals surface area contributed by atoms with Gasteiger partial charge in [0.15, 0.2) is 11.6 Å². The monoisotopic (exact) mass is 911 g/mol. The number of allylic oxidation sites excluding steroid dienone is 2. The Morgan fingerprint density at radius 1 is 0.955 bits per heavy atom. The largest absolute Gasteiger partial charge is 0.507 e. The second-order valence-corrected chi connectivity index (χ2v) is 19.9. The number of nitrogen functional groups attached to an aromatic ring is 1. The second-order valence-electron chi connectivity index (χ2n) is 19.0. The van der Waals surface area contributed by atoms with Crippen LogP contribution in [0.5, 0.6) is 5.75 Å². The summed E-state index contributed by atoms with van der Waals surface area (Å²) in [4.78, 5) is 63.2. The second kappa shape index (κ2) is 18.4. The number of carbonyl (C=O) groups excluding carboxylic acids is 3. The minimum atomic E-state index is -0.917. The highest BCUT2D eigenvalue weighted by Gasteiger charge is 2.45. The molecule has 344 valence electrons. The Bertz CT molecular complexity index is 2630. The van der Waals surface area contributed by atoms with Gasteiger partial charge >= 0.3 is 0 Å². The summed E-state index contributed by atoms with van der Waals surface area (Å²) in [6, 6.07) is 17.5. The smallest absolute Gasteiger partial charge is 0.246 e.